The molecule has 0 radical (unpaired) electrons. The van der Waals surface area contributed by atoms with E-state index in [2.05, 4.69) is 15.9 Å². The Kier molecular flexibility index (Phi) is 6.00. The number of benzene rings is 1. The molecule has 1 aromatic carbocycles. The molecule has 0 aliphatic heterocycles. The molecule has 5 heteroatoms. The molecule has 0 heterocycles. The first-order valence-electron chi connectivity index (χ1n) is 5.23. The van der Waals surface area contributed by atoms with Crippen LogP contribution in [-0.4, -0.2) is 26.5 Å². The van der Waals surface area contributed by atoms with E-state index in [1.807, 2.05) is 18.2 Å². The van der Waals surface area contributed by atoms with Gasteiger partial charge in [-0.25, -0.2) is 0 Å². The third-order valence-electron chi connectivity index (χ3n) is 2.01. The molecule has 0 atom stereocenters. The van der Waals surface area contributed by atoms with Gasteiger partial charge in [0.05, 0.1) is 17.5 Å². The van der Waals surface area contributed by atoms with Crippen molar-refractivity contribution in [3.63, 3.8) is 0 Å². The number of hydrogen-bond donors (Lipinski definition) is 0. The van der Waals surface area contributed by atoms with Gasteiger partial charge < -0.3 is 14.2 Å². The highest BCUT2D eigenvalue weighted by molar-refractivity contribution is 9.10. The molecule has 0 amide bonds. The number of carbonyl (C=O) groups is 1. The van der Waals surface area contributed by atoms with Gasteiger partial charge in [-0.2, -0.15) is 0 Å². The van der Waals surface area contributed by atoms with Gasteiger partial charge in [0, 0.05) is 12.7 Å². The Morgan fingerprint density at radius 3 is 2.82 bits per heavy atom. The van der Waals surface area contributed by atoms with Crippen molar-refractivity contribution in [2.75, 3.05) is 20.5 Å². The molecule has 0 unspecified atom stereocenters. The lowest BCUT2D eigenvalue weighted by Gasteiger charge is -2.12. The minimum absolute atomic E-state index is 0.137. The van der Waals surface area contributed by atoms with E-state index in [9.17, 15) is 4.79 Å². The summed E-state index contributed by atoms with van der Waals surface area (Å²) in [4.78, 5) is 11.4. The molecule has 0 aliphatic carbocycles. The van der Waals surface area contributed by atoms with Crippen molar-refractivity contribution in [3.8, 4) is 5.75 Å². The van der Waals surface area contributed by atoms with E-state index in [0.29, 0.717) is 12.4 Å². The normalized spacial score (nSPS) is 10.1. The molecule has 0 spiro atoms. The molecule has 0 fully saturated rings. The van der Waals surface area contributed by atoms with Crippen LogP contribution >= 0.6 is 15.9 Å². The van der Waals surface area contributed by atoms with Crippen LogP contribution in [0.1, 0.15) is 12.5 Å². The van der Waals surface area contributed by atoms with Crippen LogP contribution in [0.25, 0.3) is 0 Å². The van der Waals surface area contributed by atoms with Gasteiger partial charge in [-0.15, -0.1) is 0 Å². The zero-order valence-corrected chi connectivity index (χ0v) is 11.5. The first-order chi connectivity index (χ1) is 8.19. The average molecular weight is 303 g/mol. The Labute approximate surface area is 109 Å². The lowest BCUT2D eigenvalue weighted by atomic mass is 10.1. The Morgan fingerprint density at radius 2 is 2.18 bits per heavy atom. The summed E-state index contributed by atoms with van der Waals surface area (Å²) in [6.07, 6.45) is 0.187. The predicted molar refractivity (Wildman–Crippen MR) is 67.0 cm³/mol. The average Bonchev–Trinajstić information content (AvgIpc) is 2.28. The van der Waals surface area contributed by atoms with Crippen molar-refractivity contribution >= 4 is 21.9 Å². The topological polar surface area (TPSA) is 44.8 Å². The third-order valence-corrected chi connectivity index (χ3v) is 2.63. The number of methoxy groups -OCH3 is 1. The van der Waals surface area contributed by atoms with Crippen LogP contribution in [0.5, 0.6) is 5.75 Å². The summed E-state index contributed by atoms with van der Waals surface area (Å²) < 4.78 is 16.0. The monoisotopic (exact) mass is 302 g/mol. The molecule has 4 nitrogen and oxygen atoms in total. The second-order valence-electron chi connectivity index (χ2n) is 3.26. The van der Waals surface area contributed by atoms with E-state index in [1.165, 1.54) is 0 Å². The van der Waals surface area contributed by atoms with E-state index >= 15 is 0 Å². The Bertz CT molecular complexity index is 379. The number of halogens is 1. The highest BCUT2D eigenvalue weighted by atomic mass is 79.9. The molecule has 1 rings (SSSR count). The SMILES string of the molecule is CCOC(=O)Cc1cccc(Br)c1OCOC. The van der Waals surface area contributed by atoms with Gasteiger partial charge in [-0.3, -0.25) is 4.79 Å². The van der Waals surface area contributed by atoms with Gasteiger partial charge in [0.1, 0.15) is 5.75 Å². The lowest BCUT2D eigenvalue weighted by molar-refractivity contribution is -0.142. The number of rotatable bonds is 6. The van der Waals surface area contributed by atoms with Crippen LogP contribution in [-0.2, 0) is 20.7 Å². The maximum absolute atomic E-state index is 11.4. The molecule has 0 bridgehead atoms. The number of hydrogen-bond acceptors (Lipinski definition) is 4. The van der Waals surface area contributed by atoms with Crippen LogP contribution in [0.2, 0.25) is 0 Å². The second kappa shape index (κ2) is 7.29. The molecular formula is C12H15BrO4. The maximum Gasteiger partial charge on any atom is 0.310 e. The van der Waals surface area contributed by atoms with E-state index in [-0.39, 0.29) is 19.2 Å². The zero-order valence-electron chi connectivity index (χ0n) is 9.86. The molecule has 0 aliphatic rings. The van der Waals surface area contributed by atoms with Crippen molar-refractivity contribution in [1.29, 1.82) is 0 Å². The number of para-hydroxylation sites is 1. The van der Waals surface area contributed by atoms with Crippen molar-refractivity contribution in [2.45, 2.75) is 13.3 Å². The Morgan fingerprint density at radius 1 is 1.41 bits per heavy atom. The molecule has 0 saturated heterocycles. The third kappa shape index (κ3) is 4.36. The molecule has 1 aromatic rings. The fraction of sp³-hybridized carbons (Fsp3) is 0.417. The minimum atomic E-state index is -0.270. The molecular weight excluding hydrogens is 288 g/mol. The lowest BCUT2D eigenvalue weighted by Crippen LogP contribution is -2.10. The highest BCUT2D eigenvalue weighted by Gasteiger charge is 2.12. The minimum Gasteiger partial charge on any atom is -0.466 e. The van der Waals surface area contributed by atoms with E-state index in [1.54, 1.807) is 14.0 Å². The summed E-state index contributed by atoms with van der Waals surface area (Å²) in [5.74, 6) is 0.343. The summed E-state index contributed by atoms with van der Waals surface area (Å²) in [6, 6.07) is 5.52. The number of carbonyl (C=O) groups excluding carboxylic acids is 1. The predicted octanol–water partition coefficient (Wildman–Crippen LogP) is 2.54. The van der Waals surface area contributed by atoms with Gasteiger partial charge in [0.25, 0.3) is 0 Å². The molecule has 0 N–H and O–H groups in total. The number of esters is 1. The van der Waals surface area contributed by atoms with Crippen LogP contribution in [0.4, 0.5) is 0 Å². The van der Waals surface area contributed by atoms with Crippen LogP contribution < -0.4 is 4.74 Å². The first-order valence-corrected chi connectivity index (χ1v) is 6.03. The van der Waals surface area contributed by atoms with Crippen molar-refractivity contribution < 1.29 is 19.0 Å². The van der Waals surface area contributed by atoms with Crippen molar-refractivity contribution in [1.82, 2.24) is 0 Å². The van der Waals surface area contributed by atoms with Crippen LogP contribution in [0, 0.1) is 0 Å². The summed E-state index contributed by atoms with van der Waals surface area (Å²) in [5.41, 5.74) is 0.773. The summed E-state index contributed by atoms with van der Waals surface area (Å²) in [6.45, 7) is 2.29. The van der Waals surface area contributed by atoms with Crippen LogP contribution in [0.15, 0.2) is 22.7 Å². The molecule has 0 aromatic heterocycles. The second-order valence-corrected chi connectivity index (χ2v) is 4.12. The van der Waals surface area contributed by atoms with E-state index in [4.69, 9.17) is 14.2 Å². The van der Waals surface area contributed by atoms with Gasteiger partial charge in [0.15, 0.2) is 6.79 Å². The van der Waals surface area contributed by atoms with Gasteiger partial charge in [0.2, 0.25) is 0 Å². The first kappa shape index (κ1) is 14.0. The standard InChI is InChI=1S/C12H15BrO4/c1-3-16-11(14)7-9-5-4-6-10(13)12(9)17-8-15-2/h4-6H,3,7-8H2,1-2H3. The smallest absolute Gasteiger partial charge is 0.310 e. The van der Waals surface area contributed by atoms with E-state index < -0.39 is 0 Å². The summed E-state index contributed by atoms with van der Waals surface area (Å²) in [7, 11) is 1.54. The van der Waals surface area contributed by atoms with Crippen LogP contribution in [0.3, 0.4) is 0 Å². The van der Waals surface area contributed by atoms with Gasteiger partial charge in [-0.1, -0.05) is 12.1 Å². The molecule has 94 valence electrons. The van der Waals surface area contributed by atoms with Crippen molar-refractivity contribution in [2.24, 2.45) is 0 Å². The molecule has 17 heavy (non-hydrogen) atoms. The fourth-order valence-electron chi connectivity index (χ4n) is 1.34. The fourth-order valence-corrected chi connectivity index (χ4v) is 1.86. The Hall–Kier alpha value is -1.07. The zero-order chi connectivity index (χ0) is 12.7. The van der Waals surface area contributed by atoms with Crippen molar-refractivity contribution in [3.05, 3.63) is 28.2 Å². The van der Waals surface area contributed by atoms with Gasteiger partial charge >= 0.3 is 5.97 Å². The van der Waals surface area contributed by atoms with E-state index in [0.717, 1.165) is 10.0 Å². The highest BCUT2D eigenvalue weighted by Crippen LogP contribution is 2.29. The largest absolute Gasteiger partial charge is 0.466 e. The Balaban J connectivity index is 2.82. The summed E-state index contributed by atoms with van der Waals surface area (Å²) in [5, 5.41) is 0. The molecule has 0 saturated carbocycles. The maximum atomic E-state index is 11.4. The van der Waals surface area contributed by atoms with Gasteiger partial charge in [-0.05, 0) is 28.9 Å². The summed E-state index contributed by atoms with van der Waals surface area (Å²) >= 11 is 3.37. The number of ether oxygens (including phenoxy) is 3. The quantitative estimate of drug-likeness (QED) is 0.598.